The number of anilines is 2. The van der Waals surface area contributed by atoms with Crippen molar-refractivity contribution in [2.75, 3.05) is 23.4 Å². The fourth-order valence-corrected chi connectivity index (χ4v) is 3.46. The third kappa shape index (κ3) is 4.72. The van der Waals surface area contributed by atoms with E-state index in [1.54, 1.807) is 12.1 Å². The summed E-state index contributed by atoms with van der Waals surface area (Å²) in [6.07, 6.45) is 2.91. The van der Waals surface area contributed by atoms with E-state index in [4.69, 9.17) is 10.5 Å². The summed E-state index contributed by atoms with van der Waals surface area (Å²) >= 11 is 1.92. The molecule has 1 saturated heterocycles. The van der Waals surface area contributed by atoms with E-state index in [0.29, 0.717) is 23.5 Å². The first kappa shape index (κ1) is 15.2. The molecule has 1 fully saturated rings. The van der Waals surface area contributed by atoms with E-state index >= 15 is 0 Å². The zero-order chi connectivity index (χ0) is 14.4. The Morgan fingerprint density at radius 1 is 1.55 bits per heavy atom. The number of nitrogens with two attached hydrogens (primary N) is 1. The van der Waals surface area contributed by atoms with Crippen molar-refractivity contribution < 1.29 is 9.53 Å². The van der Waals surface area contributed by atoms with Crippen LogP contribution in [0.2, 0.25) is 0 Å². The maximum atomic E-state index is 11.8. The van der Waals surface area contributed by atoms with Crippen LogP contribution in [0.5, 0.6) is 0 Å². The molecule has 0 bridgehead atoms. The van der Waals surface area contributed by atoms with E-state index in [2.05, 4.69) is 12.2 Å². The molecule has 1 heterocycles. The summed E-state index contributed by atoms with van der Waals surface area (Å²) in [5, 5.41) is 3.46. The molecule has 2 rings (SSSR count). The molecule has 110 valence electrons. The van der Waals surface area contributed by atoms with Crippen molar-refractivity contribution in [2.24, 2.45) is 0 Å². The molecule has 2 atom stereocenters. The average molecular weight is 294 g/mol. The minimum Gasteiger partial charge on any atom is -0.399 e. The predicted molar refractivity (Wildman–Crippen MR) is 85.0 cm³/mol. The van der Waals surface area contributed by atoms with E-state index < -0.39 is 0 Å². The van der Waals surface area contributed by atoms with Gasteiger partial charge in [-0.05, 0) is 43.7 Å². The van der Waals surface area contributed by atoms with Crippen molar-refractivity contribution in [3.05, 3.63) is 24.3 Å². The van der Waals surface area contributed by atoms with Crippen LogP contribution in [0.1, 0.15) is 26.2 Å². The van der Waals surface area contributed by atoms with Crippen LogP contribution in [0.3, 0.4) is 0 Å². The third-order valence-electron chi connectivity index (χ3n) is 3.36. The topological polar surface area (TPSA) is 64.3 Å². The number of hydrogen-bond donors (Lipinski definition) is 2. The van der Waals surface area contributed by atoms with Gasteiger partial charge in [0.1, 0.15) is 0 Å². The second kappa shape index (κ2) is 7.55. The minimum atomic E-state index is 0.0481. The highest BCUT2D eigenvalue weighted by Crippen LogP contribution is 2.26. The number of carbonyl (C=O) groups is 1. The summed E-state index contributed by atoms with van der Waals surface area (Å²) in [6, 6.07) is 7.25. The molecule has 20 heavy (non-hydrogen) atoms. The molecule has 1 amide bonds. The standard InChI is InChI=1S/C15H22N2O2S/c1-11-14(7-8-19-11)20-9-3-6-15(18)17-13-5-2-4-12(16)10-13/h2,4-5,10-11,14H,3,6-9,16H2,1H3,(H,17,18). The van der Waals surface area contributed by atoms with Crippen LogP contribution in [0.25, 0.3) is 0 Å². The zero-order valence-corrected chi connectivity index (χ0v) is 12.6. The second-order valence-electron chi connectivity index (χ2n) is 5.05. The lowest BCUT2D eigenvalue weighted by atomic mass is 10.2. The third-order valence-corrected chi connectivity index (χ3v) is 4.93. The number of rotatable bonds is 6. The number of carbonyl (C=O) groups excluding carboxylic acids is 1. The monoisotopic (exact) mass is 294 g/mol. The van der Waals surface area contributed by atoms with Gasteiger partial charge in [-0.1, -0.05) is 6.07 Å². The summed E-state index contributed by atoms with van der Waals surface area (Å²) in [5.74, 6) is 1.05. The number of nitrogen functional groups attached to an aromatic ring is 1. The van der Waals surface area contributed by atoms with E-state index in [0.717, 1.165) is 30.9 Å². The molecule has 0 aliphatic carbocycles. The summed E-state index contributed by atoms with van der Waals surface area (Å²) in [5.41, 5.74) is 7.10. The number of hydrogen-bond acceptors (Lipinski definition) is 4. The maximum Gasteiger partial charge on any atom is 0.224 e. The first-order valence-electron chi connectivity index (χ1n) is 7.04. The first-order chi connectivity index (χ1) is 9.65. The smallest absolute Gasteiger partial charge is 0.224 e. The molecular weight excluding hydrogens is 272 g/mol. The number of ether oxygens (including phenoxy) is 1. The van der Waals surface area contributed by atoms with Crippen LogP contribution < -0.4 is 11.1 Å². The van der Waals surface area contributed by atoms with Crippen LogP contribution >= 0.6 is 11.8 Å². The van der Waals surface area contributed by atoms with Gasteiger partial charge in [0.25, 0.3) is 0 Å². The maximum absolute atomic E-state index is 11.8. The van der Waals surface area contributed by atoms with Gasteiger partial charge in [-0.2, -0.15) is 11.8 Å². The highest BCUT2D eigenvalue weighted by molar-refractivity contribution is 7.99. The Labute approximate surface area is 124 Å². The molecule has 0 radical (unpaired) electrons. The summed E-state index contributed by atoms with van der Waals surface area (Å²) in [4.78, 5) is 11.8. The van der Waals surface area contributed by atoms with Crippen molar-refractivity contribution in [2.45, 2.75) is 37.5 Å². The van der Waals surface area contributed by atoms with E-state index in [1.807, 2.05) is 23.9 Å². The van der Waals surface area contributed by atoms with Gasteiger partial charge < -0.3 is 15.8 Å². The predicted octanol–water partition coefficient (Wildman–Crippen LogP) is 2.90. The Balaban J connectivity index is 1.63. The normalized spacial score (nSPS) is 21.9. The van der Waals surface area contributed by atoms with Crippen LogP contribution in [0.15, 0.2) is 24.3 Å². The lowest BCUT2D eigenvalue weighted by Gasteiger charge is -2.13. The van der Waals surface area contributed by atoms with Crippen molar-refractivity contribution in [3.63, 3.8) is 0 Å². The quantitative estimate of drug-likeness (QED) is 0.625. The molecular formula is C15H22N2O2S. The molecule has 0 spiro atoms. The van der Waals surface area contributed by atoms with Crippen molar-refractivity contribution in [3.8, 4) is 0 Å². The van der Waals surface area contributed by atoms with E-state index in [1.165, 1.54) is 0 Å². The van der Waals surface area contributed by atoms with Gasteiger partial charge in [-0.25, -0.2) is 0 Å². The molecule has 1 aromatic carbocycles. The Kier molecular flexibility index (Phi) is 5.73. The Morgan fingerprint density at radius 2 is 2.40 bits per heavy atom. The zero-order valence-electron chi connectivity index (χ0n) is 11.8. The summed E-state index contributed by atoms with van der Waals surface area (Å²) in [6.45, 7) is 2.99. The Morgan fingerprint density at radius 3 is 3.10 bits per heavy atom. The fourth-order valence-electron chi connectivity index (χ4n) is 2.24. The highest BCUT2D eigenvalue weighted by Gasteiger charge is 2.23. The van der Waals surface area contributed by atoms with Crippen LogP contribution in [0.4, 0.5) is 11.4 Å². The number of amides is 1. The SMILES string of the molecule is CC1OCCC1SCCCC(=O)Nc1cccc(N)c1. The molecule has 5 heteroatoms. The van der Waals surface area contributed by atoms with Crippen molar-refractivity contribution in [1.82, 2.24) is 0 Å². The Hall–Kier alpha value is -1.20. The van der Waals surface area contributed by atoms with Crippen molar-refractivity contribution in [1.29, 1.82) is 0 Å². The molecule has 3 N–H and O–H groups in total. The van der Waals surface area contributed by atoms with E-state index in [-0.39, 0.29) is 5.91 Å². The second-order valence-corrected chi connectivity index (χ2v) is 6.40. The van der Waals surface area contributed by atoms with Gasteiger partial charge >= 0.3 is 0 Å². The number of benzene rings is 1. The number of thioether (sulfide) groups is 1. The van der Waals surface area contributed by atoms with Gasteiger partial charge in [0.15, 0.2) is 0 Å². The lowest BCUT2D eigenvalue weighted by molar-refractivity contribution is -0.116. The summed E-state index contributed by atoms with van der Waals surface area (Å²) in [7, 11) is 0. The van der Waals surface area contributed by atoms with Gasteiger partial charge in [0, 0.05) is 29.7 Å². The highest BCUT2D eigenvalue weighted by atomic mass is 32.2. The molecule has 1 aromatic rings. The molecule has 0 aromatic heterocycles. The molecule has 0 saturated carbocycles. The average Bonchev–Trinajstić information content (AvgIpc) is 2.80. The van der Waals surface area contributed by atoms with E-state index in [9.17, 15) is 4.79 Å². The molecule has 2 unspecified atom stereocenters. The Bertz CT molecular complexity index is 453. The molecule has 4 nitrogen and oxygen atoms in total. The van der Waals surface area contributed by atoms with Crippen molar-refractivity contribution >= 4 is 29.0 Å². The number of nitrogens with one attached hydrogen (secondary N) is 1. The van der Waals surface area contributed by atoms with Gasteiger partial charge in [0.05, 0.1) is 6.10 Å². The van der Waals surface area contributed by atoms with Gasteiger partial charge in [-0.3, -0.25) is 4.79 Å². The van der Waals surface area contributed by atoms with Gasteiger partial charge in [0.2, 0.25) is 5.91 Å². The van der Waals surface area contributed by atoms with Crippen LogP contribution in [-0.4, -0.2) is 29.6 Å². The fraction of sp³-hybridized carbons (Fsp3) is 0.533. The first-order valence-corrected chi connectivity index (χ1v) is 8.08. The van der Waals surface area contributed by atoms with Crippen LogP contribution in [-0.2, 0) is 9.53 Å². The lowest BCUT2D eigenvalue weighted by Crippen LogP contribution is -2.15. The molecule has 1 aliphatic rings. The van der Waals surface area contributed by atoms with Gasteiger partial charge in [-0.15, -0.1) is 0 Å². The minimum absolute atomic E-state index is 0.0481. The molecule has 1 aliphatic heterocycles. The largest absolute Gasteiger partial charge is 0.399 e. The summed E-state index contributed by atoms with van der Waals surface area (Å²) < 4.78 is 5.52. The van der Waals surface area contributed by atoms with Crippen LogP contribution in [0, 0.1) is 0 Å².